The summed E-state index contributed by atoms with van der Waals surface area (Å²) in [6, 6.07) is 5.63. The highest BCUT2D eigenvalue weighted by Crippen LogP contribution is 2.36. The first kappa shape index (κ1) is 13.9. The molecule has 0 N–H and O–H groups in total. The van der Waals surface area contributed by atoms with Crippen LogP contribution in [0.3, 0.4) is 0 Å². The number of carbonyl (C=O) groups is 2. The highest BCUT2D eigenvalue weighted by Gasteiger charge is 2.24. The van der Waals surface area contributed by atoms with Crippen molar-refractivity contribution in [3.05, 3.63) is 36.4 Å². The fourth-order valence-corrected chi connectivity index (χ4v) is 2.96. The molecule has 1 aliphatic heterocycles. The van der Waals surface area contributed by atoms with Gasteiger partial charge >= 0.3 is 0 Å². The third-order valence-corrected chi connectivity index (χ3v) is 4.15. The van der Waals surface area contributed by atoms with Gasteiger partial charge in [-0.15, -0.1) is 18.3 Å². The van der Waals surface area contributed by atoms with Crippen molar-refractivity contribution in [1.82, 2.24) is 0 Å². The minimum Gasteiger partial charge on any atom is -0.310 e. The number of hydrogen-bond donors (Lipinski definition) is 0. The van der Waals surface area contributed by atoms with E-state index in [2.05, 4.69) is 6.58 Å². The lowest BCUT2D eigenvalue weighted by Crippen LogP contribution is -2.36. The molecular weight excluding hydrogens is 258 g/mol. The zero-order chi connectivity index (χ0) is 13.8. The lowest BCUT2D eigenvalue weighted by molar-refractivity contribution is -0.116. The first-order valence-electron chi connectivity index (χ1n) is 6.38. The van der Waals surface area contributed by atoms with E-state index in [4.69, 9.17) is 0 Å². The first-order valence-corrected chi connectivity index (χ1v) is 7.37. The number of rotatable bonds is 5. The number of anilines is 1. The Morgan fingerprint density at radius 1 is 1.53 bits per heavy atom. The van der Waals surface area contributed by atoms with Crippen LogP contribution in [-0.4, -0.2) is 24.0 Å². The third-order valence-electron chi connectivity index (χ3n) is 3.10. The molecule has 2 rings (SSSR count). The largest absolute Gasteiger partial charge is 0.310 e. The minimum absolute atomic E-state index is 0.0976. The Hall–Kier alpha value is -1.55. The minimum atomic E-state index is 0.0976. The molecular formula is C15H17NO2S. The summed E-state index contributed by atoms with van der Waals surface area (Å²) in [4.78, 5) is 26.6. The predicted molar refractivity (Wildman–Crippen MR) is 79.0 cm³/mol. The zero-order valence-corrected chi connectivity index (χ0v) is 11.8. The molecule has 0 unspecified atom stereocenters. The molecule has 0 radical (unpaired) electrons. The van der Waals surface area contributed by atoms with Crippen LogP contribution < -0.4 is 4.90 Å². The van der Waals surface area contributed by atoms with Crippen molar-refractivity contribution in [3.8, 4) is 0 Å². The maximum Gasteiger partial charge on any atom is 0.237 e. The van der Waals surface area contributed by atoms with Gasteiger partial charge in [0.25, 0.3) is 0 Å². The van der Waals surface area contributed by atoms with E-state index in [0.717, 1.165) is 17.0 Å². The van der Waals surface area contributed by atoms with E-state index in [-0.39, 0.29) is 11.7 Å². The number of carbonyl (C=O) groups excluding carboxylic acids is 2. The summed E-state index contributed by atoms with van der Waals surface area (Å²) in [5.74, 6) is 0.667. The van der Waals surface area contributed by atoms with Gasteiger partial charge in [0, 0.05) is 23.4 Å². The molecule has 3 nitrogen and oxygen atoms in total. The molecule has 1 aliphatic rings. The second-order valence-corrected chi connectivity index (χ2v) is 5.39. The van der Waals surface area contributed by atoms with E-state index < -0.39 is 0 Å². The molecule has 0 saturated heterocycles. The molecule has 0 aliphatic carbocycles. The summed E-state index contributed by atoms with van der Waals surface area (Å²) in [5, 5.41) is 0. The van der Waals surface area contributed by atoms with Crippen molar-refractivity contribution >= 4 is 29.1 Å². The van der Waals surface area contributed by atoms with Gasteiger partial charge in [0.15, 0.2) is 5.78 Å². The highest BCUT2D eigenvalue weighted by molar-refractivity contribution is 8.00. The number of amides is 1. The standard InChI is InChI=1S/C15H17NO2S/c1-3-5-8-16-12-9-11(13(17)4-2)6-7-14(12)19-10-15(16)18/h3,6-7,9H,1,4-5,8,10H2,2H3. The number of ketones is 1. The number of benzene rings is 1. The highest BCUT2D eigenvalue weighted by atomic mass is 32.2. The molecule has 1 aromatic rings. The Bertz CT molecular complexity index is 525. The Kier molecular flexibility index (Phi) is 4.43. The SMILES string of the molecule is C=CCCN1C(=O)CSc2ccc(C(=O)CC)cc21. The number of fused-ring (bicyclic) bond motifs is 1. The quantitative estimate of drug-likeness (QED) is 0.611. The van der Waals surface area contributed by atoms with Gasteiger partial charge in [0.05, 0.1) is 11.4 Å². The van der Waals surface area contributed by atoms with Crippen LogP contribution >= 0.6 is 11.8 Å². The number of Topliss-reactive ketones (excluding diaryl/α,β-unsaturated/α-hetero) is 1. The summed E-state index contributed by atoms with van der Waals surface area (Å²) in [7, 11) is 0. The Morgan fingerprint density at radius 3 is 3.00 bits per heavy atom. The van der Waals surface area contributed by atoms with Crippen molar-refractivity contribution in [1.29, 1.82) is 0 Å². The maximum atomic E-state index is 12.0. The Morgan fingerprint density at radius 2 is 2.32 bits per heavy atom. The monoisotopic (exact) mass is 275 g/mol. The van der Waals surface area contributed by atoms with Crippen molar-refractivity contribution in [2.24, 2.45) is 0 Å². The topological polar surface area (TPSA) is 37.4 Å². The van der Waals surface area contributed by atoms with Gasteiger partial charge < -0.3 is 4.90 Å². The molecule has 4 heteroatoms. The van der Waals surface area contributed by atoms with Crippen molar-refractivity contribution < 1.29 is 9.59 Å². The summed E-state index contributed by atoms with van der Waals surface area (Å²) in [6.45, 7) is 6.16. The summed E-state index contributed by atoms with van der Waals surface area (Å²) < 4.78 is 0. The zero-order valence-electron chi connectivity index (χ0n) is 11.0. The smallest absolute Gasteiger partial charge is 0.237 e. The van der Waals surface area contributed by atoms with Crippen LogP contribution in [0.2, 0.25) is 0 Å². The van der Waals surface area contributed by atoms with Gasteiger partial charge in [0.1, 0.15) is 0 Å². The van der Waals surface area contributed by atoms with Gasteiger partial charge in [-0.2, -0.15) is 0 Å². The molecule has 1 amide bonds. The molecule has 0 saturated carbocycles. The number of nitrogens with zero attached hydrogens (tertiary/aromatic N) is 1. The van der Waals surface area contributed by atoms with Crippen LogP contribution in [0.25, 0.3) is 0 Å². The second-order valence-electron chi connectivity index (χ2n) is 4.37. The van der Waals surface area contributed by atoms with Crippen LogP contribution in [0.1, 0.15) is 30.1 Å². The predicted octanol–water partition coefficient (Wildman–Crippen LogP) is 3.29. The molecule has 19 heavy (non-hydrogen) atoms. The van der Waals surface area contributed by atoms with Crippen molar-refractivity contribution in [2.75, 3.05) is 17.2 Å². The Balaban J connectivity index is 2.37. The average Bonchev–Trinajstić information content (AvgIpc) is 2.45. The van der Waals surface area contributed by atoms with E-state index >= 15 is 0 Å². The van der Waals surface area contributed by atoms with Crippen LogP contribution in [0.5, 0.6) is 0 Å². The molecule has 0 bridgehead atoms. The molecule has 0 atom stereocenters. The second kappa shape index (κ2) is 6.06. The van der Waals surface area contributed by atoms with Gasteiger partial charge in [-0.3, -0.25) is 9.59 Å². The summed E-state index contributed by atoms with van der Waals surface area (Å²) in [5.41, 5.74) is 1.54. The third kappa shape index (κ3) is 2.89. The van der Waals surface area contributed by atoms with Gasteiger partial charge in [-0.1, -0.05) is 19.1 Å². The number of hydrogen-bond acceptors (Lipinski definition) is 3. The molecule has 0 aromatic heterocycles. The average molecular weight is 275 g/mol. The van der Waals surface area contributed by atoms with Gasteiger partial charge in [-0.25, -0.2) is 0 Å². The Labute approximate surface area is 117 Å². The van der Waals surface area contributed by atoms with E-state index in [9.17, 15) is 9.59 Å². The van der Waals surface area contributed by atoms with Crippen LogP contribution in [0.15, 0.2) is 35.7 Å². The fourth-order valence-electron chi connectivity index (χ4n) is 2.05. The lowest BCUT2D eigenvalue weighted by Gasteiger charge is -2.29. The van der Waals surface area contributed by atoms with Crippen molar-refractivity contribution in [3.63, 3.8) is 0 Å². The fraction of sp³-hybridized carbons (Fsp3) is 0.333. The summed E-state index contributed by atoms with van der Waals surface area (Å²) in [6.07, 6.45) is 3.03. The lowest BCUT2D eigenvalue weighted by atomic mass is 10.1. The van der Waals surface area contributed by atoms with Crippen molar-refractivity contribution in [2.45, 2.75) is 24.7 Å². The maximum absolute atomic E-state index is 12.0. The molecule has 0 fully saturated rings. The van der Waals surface area contributed by atoms with E-state index in [0.29, 0.717) is 24.3 Å². The van der Waals surface area contributed by atoms with Crippen LogP contribution in [-0.2, 0) is 4.79 Å². The molecule has 100 valence electrons. The van der Waals surface area contributed by atoms with Gasteiger partial charge in [0.2, 0.25) is 5.91 Å². The van der Waals surface area contributed by atoms with E-state index in [1.54, 1.807) is 11.0 Å². The van der Waals surface area contributed by atoms with Crippen LogP contribution in [0, 0.1) is 0 Å². The first-order chi connectivity index (χ1) is 9.17. The van der Waals surface area contributed by atoms with E-state index in [1.807, 2.05) is 25.1 Å². The van der Waals surface area contributed by atoms with Crippen LogP contribution in [0.4, 0.5) is 5.69 Å². The molecule has 1 aromatic carbocycles. The summed E-state index contributed by atoms with van der Waals surface area (Å²) >= 11 is 1.53. The molecule has 1 heterocycles. The van der Waals surface area contributed by atoms with E-state index in [1.165, 1.54) is 11.8 Å². The normalized spacial score (nSPS) is 14.2. The molecule has 0 spiro atoms. The number of thioether (sulfide) groups is 1. The van der Waals surface area contributed by atoms with Gasteiger partial charge in [-0.05, 0) is 18.6 Å².